The van der Waals surface area contributed by atoms with Gasteiger partial charge in [-0.3, -0.25) is 24.2 Å². The minimum Gasteiger partial charge on any atom is -0.495 e. The highest BCUT2D eigenvalue weighted by Gasteiger charge is 2.44. The molecule has 17 rings (SSSR count). The zero-order valence-corrected chi connectivity index (χ0v) is 83.2. The molecular formula is C100H112ClN19O15S4. The second-order valence-electron chi connectivity index (χ2n) is 37.7. The molecule has 0 radical (unpaired) electrons. The lowest BCUT2D eigenvalue weighted by atomic mass is 9.97. The molecule has 0 bridgehead atoms. The Labute approximate surface area is 815 Å². The van der Waals surface area contributed by atoms with Crippen LogP contribution in [-0.4, -0.2) is 163 Å². The average Bonchev–Trinajstić information content (AvgIpc) is 1.63. The van der Waals surface area contributed by atoms with Crippen molar-refractivity contribution in [3.8, 4) is 28.8 Å². The number of benzene rings is 3. The number of para-hydroxylation sites is 1. The number of nitrogens with one attached hydrogen (secondary N) is 5. The number of pyridine rings is 9. The lowest BCUT2D eigenvalue weighted by molar-refractivity contribution is 0.0711. The van der Waals surface area contributed by atoms with Crippen LogP contribution >= 0.6 is 11.6 Å². The molecule has 14 heterocycles. The Morgan fingerprint density at radius 3 is 1.39 bits per heavy atom. The second kappa shape index (κ2) is 41.9. The third kappa shape index (κ3) is 24.5. The number of ether oxygens (including phenoxy) is 3. The van der Waals surface area contributed by atoms with Crippen molar-refractivity contribution < 1.29 is 67.1 Å². The van der Waals surface area contributed by atoms with Crippen LogP contribution in [-0.2, 0) is 44.8 Å². The number of fused-ring (bicyclic) bond motifs is 1. The lowest BCUT2D eigenvalue weighted by Gasteiger charge is -2.34. The maximum absolute atomic E-state index is 13.3. The second-order valence-corrected chi connectivity index (χ2v) is 44.6. The predicted octanol–water partition coefficient (Wildman–Crippen LogP) is 16.2. The highest BCUT2D eigenvalue weighted by atomic mass is 35.5. The van der Waals surface area contributed by atoms with Gasteiger partial charge < -0.3 is 44.9 Å². The van der Waals surface area contributed by atoms with Crippen LogP contribution in [0.15, 0.2) is 257 Å². The summed E-state index contributed by atoms with van der Waals surface area (Å²) in [5.41, 5.74) is 9.67. The number of sulfonamides is 4. The van der Waals surface area contributed by atoms with Crippen LogP contribution in [0.2, 0.25) is 5.02 Å². The Morgan fingerprint density at radius 2 is 0.899 bits per heavy atom. The number of aryl methyl sites for hydroxylation is 1. The van der Waals surface area contributed by atoms with Crippen LogP contribution in [0.1, 0.15) is 169 Å². The molecule has 7 N–H and O–H groups in total. The van der Waals surface area contributed by atoms with Gasteiger partial charge in [-0.25, -0.2) is 57.2 Å². The zero-order chi connectivity index (χ0) is 99.7. The first-order valence-electron chi connectivity index (χ1n) is 45.2. The average molecular weight is 1980 g/mol. The maximum atomic E-state index is 13.3. The number of hydrogen-bond acceptors (Lipinski definition) is 30. The van der Waals surface area contributed by atoms with E-state index in [1.54, 1.807) is 134 Å². The first-order valence-corrected chi connectivity index (χ1v) is 51.5. The molecule has 0 aliphatic carbocycles. The number of nitrogen functional groups attached to an aromatic ring is 1. The van der Waals surface area contributed by atoms with E-state index in [4.69, 9.17) is 36.5 Å². The van der Waals surface area contributed by atoms with Gasteiger partial charge in [0, 0.05) is 108 Å². The summed E-state index contributed by atoms with van der Waals surface area (Å²) >= 11 is 6.16. The molecule has 3 aromatic carbocycles. The number of nitrogens with two attached hydrogens (primary N) is 1. The summed E-state index contributed by atoms with van der Waals surface area (Å²) in [5, 5.41) is 3.48. The van der Waals surface area contributed by atoms with Gasteiger partial charge in [-0.1, -0.05) is 99.5 Å². The summed E-state index contributed by atoms with van der Waals surface area (Å²) in [7, 11) is -17.0. The molecule has 0 saturated carbocycles. The standard InChI is InChI=1S/C27H27N5O4S.C25H29N5O3S.C24H26ClN5O3S.C24H30N4O5S/c1-18-16-27(2,3)32(17-18)25-21(8-6-14-29-25)26(33)31-37(34,35)24-10-4-9-23(30-24)36-20-12-11-19-7-5-13-28-22(19)15-20;1-16-7-5-8-18(13-16)20-11-10-19(23(28-20)30-15-17(2)14-25(30,3)4)24(31)29-34(32,33)21-9-6-12-27-22(21)26;1-16-14-24(2,3)30(15-16)22-17(8-7-13-26-22)23(31)29-34(32,33)21-12-6-11-20(28-21)27-19-10-5-4-9-18(19)25;1-17-14-24(2,3)28(15-17)22-19(9-7-12-25-22)23(29)27-34(30,31)21-11-6-10-20(26-21)33-16-18-8-4-5-13-32-18/h4-15,18H,16-17H2,1-3H3,(H,31,33);5-13,17H,14-15H2,1-4H3,(H2,26,27)(H,29,31);4-13,16H,14-15H2,1-3H3,(H,27,28)(H,29,31);5-7,9-13,17-18H,4,8,14-16H2,1-3H3,(H,27,29)/t;17-;;/m.0../s1. The van der Waals surface area contributed by atoms with Crippen molar-refractivity contribution in [2.75, 3.05) is 63.4 Å². The van der Waals surface area contributed by atoms with E-state index in [2.05, 4.69) is 167 Å². The molecule has 139 heavy (non-hydrogen) atoms. The van der Waals surface area contributed by atoms with Gasteiger partial charge in [-0.05, 0) is 252 Å². The summed E-state index contributed by atoms with van der Waals surface area (Å²) in [6.45, 7) is 30.5. The van der Waals surface area contributed by atoms with Crippen molar-refractivity contribution in [1.82, 2.24) is 63.7 Å². The topological polar surface area (TPSA) is 448 Å². The third-order valence-electron chi connectivity index (χ3n) is 24.2. The molecule has 34 nitrogen and oxygen atoms in total. The van der Waals surface area contributed by atoms with Gasteiger partial charge in [0.05, 0.1) is 50.4 Å². The number of aromatic nitrogens is 9. The van der Waals surface area contributed by atoms with Crippen LogP contribution in [0.5, 0.6) is 17.5 Å². The van der Waals surface area contributed by atoms with E-state index in [0.29, 0.717) is 75.6 Å². The summed E-state index contributed by atoms with van der Waals surface area (Å²) < 4.78 is 129. The number of hydrogen-bond donors (Lipinski definition) is 6. The minimum absolute atomic E-state index is 0.0699. The molecule has 5 aliphatic heterocycles. The number of amides is 4. The number of halogens is 1. The molecule has 5 atom stereocenters. The highest BCUT2D eigenvalue weighted by molar-refractivity contribution is 7.91. The number of rotatable bonds is 24. The fourth-order valence-electron chi connectivity index (χ4n) is 18.2. The van der Waals surface area contributed by atoms with Gasteiger partial charge in [0.25, 0.3) is 63.7 Å². The number of anilines is 7. The number of nitrogens with zero attached hydrogens (tertiary/aromatic N) is 13. The molecule has 4 saturated heterocycles. The van der Waals surface area contributed by atoms with Crippen LogP contribution < -0.4 is 59.0 Å². The molecule has 4 amide bonds. The van der Waals surface area contributed by atoms with Gasteiger partial charge in [-0.2, -0.15) is 35.2 Å². The van der Waals surface area contributed by atoms with E-state index in [-0.39, 0.29) is 100 Å². The van der Waals surface area contributed by atoms with Gasteiger partial charge in [0.15, 0.2) is 15.1 Å². The largest absolute Gasteiger partial charge is 0.495 e. The summed E-state index contributed by atoms with van der Waals surface area (Å²) in [4.78, 5) is 99.3. The molecule has 4 unspecified atom stereocenters. The number of carbonyl (C=O) groups excluding carboxylic acids is 4. The normalized spacial score (nSPS) is 18.4. The van der Waals surface area contributed by atoms with Crippen molar-refractivity contribution in [3.63, 3.8) is 0 Å². The smallest absolute Gasteiger partial charge is 0.281 e. The van der Waals surface area contributed by atoms with Crippen LogP contribution in [0.25, 0.3) is 22.2 Å². The van der Waals surface area contributed by atoms with Gasteiger partial charge >= 0.3 is 0 Å². The monoisotopic (exact) mass is 1980 g/mol. The van der Waals surface area contributed by atoms with Gasteiger partial charge in [0.1, 0.15) is 58.3 Å². The predicted molar refractivity (Wildman–Crippen MR) is 533 cm³/mol. The Hall–Kier alpha value is -13.8. The SMILES string of the molecule is CC1CN(c2ncccc2C(=O)NS(=O)(=O)c2cccc(Nc3ccccc3Cl)n2)C(C)(C)C1.CC1CN(c2ncccc2C(=O)NS(=O)(=O)c2cccc(OCC3CCC=CO3)n2)C(C)(C)C1.CC1CN(c2ncccc2C(=O)NS(=O)(=O)c2cccc(Oc3ccc4cccnc4c3)n2)C(C)(C)C1.Cc1cccc(-c2ccc(C(=O)NS(=O)(=O)c3cccnc3N)c(N3C[C@@H](C)CC3(C)C)n2)c1. The van der Waals surface area contributed by atoms with Crippen molar-refractivity contribution in [2.45, 2.75) is 177 Å². The first kappa shape index (κ1) is 101. The molecule has 9 aromatic heterocycles. The third-order valence-corrected chi connectivity index (χ3v) is 29.6. The van der Waals surface area contributed by atoms with Crippen molar-refractivity contribution >= 4 is 127 Å². The maximum Gasteiger partial charge on any atom is 0.281 e. The van der Waals surface area contributed by atoms with E-state index in [1.165, 1.54) is 54.7 Å². The molecule has 5 aliphatic rings. The Kier molecular flexibility index (Phi) is 30.4. The lowest BCUT2D eigenvalue weighted by Crippen LogP contribution is -2.41. The number of allylic oxidation sites excluding steroid dienone is 1. The Bertz CT molecular complexity index is 7120. The Morgan fingerprint density at radius 1 is 0.453 bits per heavy atom. The van der Waals surface area contributed by atoms with Crippen LogP contribution in [0.4, 0.5) is 40.6 Å². The van der Waals surface area contributed by atoms with E-state index < -0.39 is 63.7 Å². The van der Waals surface area contributed by atoms with Crippen molar-refractivity contribution in [1.29, 1.82) is 0 Å². The van der Waals surface area contributed by atoms with E-state index >= 15 is 0 Å². The molecule has 4 fully saturated rings. The number of carbonyl (C=O) groups is 4. The quantitative estimate of drug-likeness (QED) is 0.0327. The molecule has 728 valence electrons. The zero-order valence-electron chi connectivity index (χ0n) is 79.2. The summed E-state index contributed by atoms with van der Waals surface area (Å²) in [5.74, 6) is 1.24. The van der Waals surface area contributed by atoms with Gasteiger partial charge in [0.2, 0.25) is 11.8 Å². The summed E-state index contributed by atoms with van der Waals surface area (Å²) in [6, 6.07) is 53.0. The van der Waals surface area contributed by atoms with Crippen molar-refractivity contribution in [3.05, 3.63) is 270 Å². The molecule has 39 heteroatoms. The molecule has 12 aromatic rings. The van der Waals surface area contributed by atoms with Crippen molar-refractivity contribution in [2.24, 2.45) is 23.7 Å². The highest BCUT2D eigenvalue weighted by Crippen LogP contribution is 2.43. The fourth-order valence-corrected chi connectivity index (χ4v) is 22.3. The first-order chi connectivity index (χ1) is 65.8. The van der Waals surface area contributed by atoms with Crippen LogP contribution in [0.3, 0.4) is 0 Å². The minimum atomic E-state index is -4.29. The van der Waals surface area contributed by atoms with Crippen LogP contribution in [0, 0.1) is 30.6 Å². The fraction of sp³-hybridized carbons (Fsp3) is 0.330. The molecule has 0 spiro atoms. The molecular weight excluding hydrogens is 1870 g/mol. The van der Waals surface area contributed by atoms with Gasteiger partial charge in [-0.15, -0.1) is 0 Å². The van der Waals surface area contributed by atoms with E-state index in [1.807, 2.05) is 55.5 Å². The van der Waals surface area contributed by atoms with E-state index in [9.17, 15) is 52.8 Å². The Balaban J connectivity index is 0.000000148. The summed E-state index contributed by atoms with van der Waals surface area (Å²) in [6.07, 6.45) is 16.8. The van der Waals surface area contributed by atoms with E-state index in [0.717, 1.165) is 80.2 Å².